The Morgan fingerprint density at radius 1 is 1.37 bits per heavy atom. The fourth-order valence-electron chi connectivity index (χ4n) is 2.43. The first kappa shape index (κ1) is 14.0. The maximum Gasteiger partial charge on any atom is 0.252 e. The zero-order valence-corrected chi connectivity index (χ0v) is 11.6. The Hall–Kier alpha value is -1.40. The Bertz CT molecular complexity index is 459. The van der Waals surface area contributed by atoms with Crippen molar-refractivity contribution >= 4 is 5.82 Å². The molecule has 106 valence electrons. The van der Waals surface area contributed by atoms with Gasteiger partial charge in [0.05, 0.1) is 0 Å². The number of aromatic amines is 1. The first-order valence-electron chi connectivity index (χ1n) is 7.00. The SMILES string of the molecule is CCc1nc(N2CCCN(CCN)CC2)cc(=O)[nH]1. The minimum atomic E-state index is -0.0649. The van der Waals surface area contributed by atoms with Crippen molar-refractivity contribution in [2.45, 2.75) is 19.8 Å². The van der Waals surface area contributed by atoms with Gasteiger partial charge in [0.1, 0.15) is 11.6 Å². The summed E-state index contributed by atoms with van der Waals surface area (Å²) in [5.74, 6) is 1.56. The van der Waals surface area contributed by atoms with Crippen molar-refractivity contribution in [3.63, 3.8) is 0 Å². The van der Waals surface area contributed by atoms with E-state index in [2.05, 4.69) is 19.8 Å². The molecular formula is C13H23N5O. The van der Waals surface area contributed by atoms with Crippen LogP contribution in [0.25, 0.3) is 0 Å². The number of nitrogens with two attached hydrogens (primary N) is 1. The molecule has 19 heavy (non-hydrogen) atoms. The van der Waals surface area contributed by atoms with Gasteiger partial charge in [0, 0.05) is 45.2 Å². The van der Waals surface area contributed by atoms with Crippen LogP contribution in [0.15, 0.2) is 10.9 Å². The average molecular weight is 265 g/mol. The van der Waals surface area contributed by atoms with Gasteiger partial charge in [-0.05, 0) is 13.0 Å². The summed E-state index contributed by atoms with van der Waals surface area (Å²) in [6, 6.07) is 1.59. The molecule has 1 aliphatic rings. The molecular weight excluding hydrogens is 242 g/mol. The molecule has 2 heterocycles. The van der Waals surface area contributed by atoms with E-state index in [0.29, 0.717) is 6.54 Å². The van der Waals surface area contributed by atoms with Gasteiger partial charge >= 0.3 is 0 Å². The summed E-state index contributed by atoms with van der Waals surface area (Å²) < 4.78 is 0. The van der Waals surface area contributed by atoms with Crippen LogP contribution in [0.3, 0.4) is 0 Å². The Morgan fingerprint density at radius 3 is 2.95 bits per heavy atom. The molecule has 0 atom stereocenters. The molecule has 0 saturated carbocycles. The third kappa shape index (κ3) is 3.78. The molecule has 0 radical (unpaired) electrons. The van der Waals surface area contributed by atoms with Gasteiger partial charge in [-0.25, -0.2) is 4.98 Å². The van der Waals surface area contributed by atoms with Crippen molar-refractivity contribution < 1.29 is 0 Å². The molecule has 6 heteroatoms. The van der Waals surface area contributed by atoms with Crippen LogP contribution in [-0.4, -0.2) is 54.1 Å². The Morgan fingerprint density at radius 2 is 2.21 bits per heavy atom. The molecule has 0 bridgehead atoms. The first-order valence-corrected chi connectivity index (χ1v) is 7.00. The number of H-pyrrole nitrogens is 1. The van der Waals surface area contributed by atoms with E-state index in [1.54, 1.807) is 6.07 Å². The normalized spacial score (nSPS) is 17.5. The third-order valence-electron chi connectivity index (χ3n) is 3.47. The van der Waals surface area contributed by atoms with Gasteiger partial charge < -0.3 is 20.5 Å². The van der Waals surface area contributed by atoms with E-state index in [-0.39, 0.29) is 5.56 Å². The van der Waals surface area contributed by atoms with Gasteiger partial charge in [-0.1, -0.05) is 6.92 Å². The summed E-state index contributed by atoms with van der Waals surface area (Å²) in [7, 11) is 0. The topological polar surface area (TPSA) is 78.2 Å². The summed E-state index contributed by atoms with van der Waals surface area (Å²) >= 11 is 0. The molecule has 0 aliphatic carbocycles. The van der Waals surface area contributed by atoms with Gasteiger partial charge in [-0.2, -0.15) is 0 Å². The number of aryl methyl sites for hydroxylation is 1. The molecule has 1 aromatic rings. The standard InChI is InChI=1S/C13H23N5O/c1-2-11-15-12(10-13(19)16-11)18-6-3-5-17(7-4-14)8-9-18/h10H,2-9,14H2,1H3,(H,15,16,19). The molecule has 1 aromatic heterocycles. The highest BCUT2D eigenvalue weighted by molar-refractivity contribution is 5.37. The van der Waals surface area contributed by atoms with E-state index < -0.39 is 0 Å². The van der Waals surface area contributed by atoms with E-state index in [1.807, 2.05) is 6.92 Å². The van der Waals surface area contributed by atoms with Crippen LogP contribution >= 0.6 is 0 Å². The molecule has 2 rings (SSSR count). The zero-order valence-electron chi connectivity index (χ0n) is 11.6. The largest absolute Gasteiger partial charge is 0.355 e. The van der Waals surface area contributed by atoms with E-state index >= 15 is 0 Å². The van der Waals surface area contributed by atoms with Crippen LogP contribution in [0.1, 0.15) is 19.2 Å². The van der Waals surface area contributed by atoms with E-state index in [4.69, 9.17) is 5.73 Å². The highest BCUT2D eigenvalue weighted by Gasteiger charge is 2.16. The molecule has 1 saturated heterocycles. The van der Waals surface area contributed by atoms with Crippen LogP contribution in [0, 0.1) is 0 Å². The van der Waals surface area contributed by atoms with Crippen LogP contribution in [0.4, 0.5) is 5.82 Å². The number of hydrogen-bond donors (Lipinski definition) is 2. The van der Waals surface area contributed by atoms with Gasteiger partial charge in [0.2, 0.25) is 0 Å². The minimum absolute atomic E-state index is 0.0649. The molecule has 1 aliphatic heterocycles. The fraction of sp³-hybridized carbons (Fsp3) is 0.692. The summed E-state index contributed by atoms with van der Waals surface area (Å²) in [6.45, 7) is 7.53. The maximum absolute atomic E-state index is 11.6. The van der Waals surface area contributed by atoms with Crippen LogP contribution < -0.4 is 16.2 Å². The van der Waals surface area contributed by atoms with Crippen molar-refractivity contribution in [2.75, 3.05) is 44.2 Å². The summed E-state index contributed by atoms with van der Waals surface area (Å²) in [5.41, 5.74) is 5.54. The van der Waals surface area contributed by atoms with Crippen molar-refractivity contribution in [3.05, 3.63) is 22.2 Å². The van der Waals surface area contributed by atoms with Gasteiger partial charge in [0.15, 0.2) is 0 Å². The summed E-state index contributed by atoms with van der Waals surface area (Å²) in [5, 5.41) is 0. The summed E-state index contributed by atoms with van der Waals surface area (Å²) in [6.07, 6.45) is 1.83. The highest BCUT2D eigenvalue weighted by atomic mass is 16.1. The number of rotatable bonds is 4. The number of aromatic nitrogens is 2. The first-order chi connectivity index (χ1) is 9.22. The minimum Gasteiger partial charge on any atom is -0.355 e. The Labute approximate surface area is 113 Å². The Kier molecular flexibility index (Phi) is 4.93. The van der Waals surface area contributed by atoms with Crippen molar-refractivity contribution in [1.29, 1.82) is 0 Å². The van der Waals surface area contributed by atoms with Crippen LogP contribution in [0.2, 0.25) is 0 Å². The number of nitrogens with zero attached hydrogens (tertiary/aromatic N) is 3. The lowest BCUT2D eigenvalue weighted by Gasteiger charge is -2.22. The molecule has 3 N–H and O–H groups in total. The lowest BCUT2D eigenvalue weighted by Crippen LogP contribution is -2.34. The van der Waals surface area contributed by atoms with Gasteiger partial charge in [-0.3, -0.25) is 4.79 Å². The van der Waals surface area contributed by atoms with Crippen molar-refractivity contribution in [1.82, 2.24) is 14.9 Å². The van der Waals surface area contributed by atoms with Crippen LogP contribution in [-0.2, 0) is 6.42 Å². The smallest absolute Gasteiger partial charge is 0.252 e. The monoisotopic (exact) mass is 265 g/mol. The van der Waals surface area contributed by atoms with Crippen LogP contribution in [0.5, 0.6) is 0 Å². The number of nitrogens with one attached hydrogen (secondary N) is 1. The molecule has 0 aromatic carbocycles. The lowest BCUT2D eigenvalue weighted by atomic mass is 10.3. The lowest BCUT2D eigenvalue weighted by molar-refractivity contribution is 0.302. The molecule has 0 unspecified atom stereocenters. The zero-order chi connectivity index (χ0) is 13.7. The Balaban J connectivity index is 2.09. The molecule has 1 fully saturated rings. The van der Waals surface area contributed by atoms with E-state index in [1.165, 1.54) is 0 Å². The van der Waals surface area contributed by atoms with Crippen molar-refractivity contribution in [3.8, 4) is 0 Å². The molecule has 6 nitrogen and oxygen atoms in total. The van der Waals surface area contributed by atoms with E-state index in [0.717, 1.165) is 57.2 Å². The molecule has 0 amide bonds. The maximum atomic E-state index is 11.6. The average Bonchev–Trinajstić information content (AvgIpc) is 2.64. The predicted octanol–water partition coefficient (Wildman–Crippen LogP) is -0.197. The van der Waals surface area contributed by atoms with Gasteiger partial charge in [0.25, 0.3) is 5.56 Å². The molecule has 0 spiro atoms. The van der Waals surface area contributed by atoms with Gasteiger partial charge in [-0.15, -0.1) is 0 Å². The summed E-state index contributed by atoms with van der Waals surface area (Å²) in [4.78, 5) is 23.5. The predicted molar refractivity (Wildman–Crippen MR) is 76.6 cm³/mol. The van der Waals surface area contributed by atoms with Crippen molar-refractivity contribution in [2.24, 2.45) is 5.73 Å². The number of anilines is 1. The second-order valence-electron chi connectivity index (χ2n) is 4.87. The quantitative estimate of drug-likeness (QED) is 0.788. The third-order valence-corrected chi connectivity index (χ3v) is 3.47. The van der Waals surface area contributed by atoms with E-state index in [9.17, 15) is 4.79 Å². The number of hydrogen-bond acceptors (Lipinski definition) is 5. The highest BCUT2D eigenvalue weighted by Crippen LogP contribution is 2.12. The second kappa shape index (κ2) is 6.68. The second-order valence-corrected chi connectivity index (χ2v) is 4.87. The fourth-order valence-corrected chi connectivity index (χ4v) is 2.43.